The normalized spacial score (nSPS) is 11.9. The van der Waals surface area contributed by atoms with E-state index in [9.17, 15) is 17.6 Å². The van der Waals surface area contributed by atoms with Gasteiger partial charge in [-0.25, -0.2) is 4.39 Å². The highest BCUT2D eigenvalue weighted by atomic mass is 35.5. The average molecular weight is 245 g/mol. The predicted molar refractivity (Wildman–Crippen MR) is 48.2 cm³/mol. The largest absolute Gasteiger partial charge is 0.417 e. The fraction of sp³-hybridized carbons (Fsp3) is 0.250. The van der Waals surface area contributed by atoms with Crippen molar-refractivity contribution in [2.75, 3.05) is 6.26 Å². The van der Waals surface area contributed by atoms with Gasteiger partial charge in [0, 0.05) is 0 Å². The van der Waals surface area contributed by atoms with Gasteiger partial charge in [-0.15, -0.1) is 11.8 Å². The predicted octanol–water partition coefficient (Wildman–Crippen LogP) is 4.22. The van der Waals surface area contributed by atoms with Crippen LogP contribution < -0.4 is 0 Å². The van der Waals surface area contributed by atoms with Crippen LogP contribution in [0.4, 0.5) is 17.6 Å². The molecule has 0 atom stereocenters. The van der Waals surface area contributed by atoms with Gasteiger partial charge >= 0.3 is 6.18 Å². The molecule has 0 aromatic heterocycles. The summed E-state index contributed by atoms with van der Waals surface area (Å²) in [5.41, 5.74) is -1.01. The number of alkyl halides is 3. The molecule has 0 radical (unpaired) electrons. The molecule has 1 rings (SSSR count). The highest BCUT2D eigenvalue weighted by Gasteiger charge is 2.34. The summed E-state index contributed by atoms with van der Waals surface area (Å²) in [7, 11) is 0. The van der Waals surface area contributed by atoms with Crippen LogP contribution >= 0.6 is 23.4 Å². The highest BCUT2D eigenvalue weighted by molar-refractivity contribution is 7.98. The molecule has 14 heavy (non-hydrogen) atoms. The molecule has 78 valence electrons. The zero-order valence-corrected chi connectivity index (χ0v) is 8.53. The summed E-state index contributed by atoms with van der Waals surface area (Å²) in [4.78, 5) is -0.179. The molecule has 0 heterocycles. The Bertz CT molecular complexity index is 348. The Morgan fingerprint density at radius 3 is 2.29 bits per heavy atom. The van der Waals surface area contributed by atoms with Gasteiger partial charge in [0.2, 0.25) is 0 Å². The van der Waals surface area contributed by atoms with E-state index in [1.165, 1.54) is 6.26 Å². The third-order valence-corrected chi connectivity index (χ3v) is 2.87. The van der Waals surface area contributed by atoms with E-state index in [1.54, 1.807) is 0 Å². The van der Waals surface area contributed by atoms with Gasteiger partial charge in [-0.3, -0.25) is 0 Å². The van der Waals surface area contributed by atoms with Gasteiger partial charge in [0.25, 0.3) is 0 Å². The zero-order chi connectivity index (χ0) is 10.9. The van der Waals surface area contributed by atoms with Gasteiger partial charge in [0.15, 0.2) is 0 Å². The van der Waals surface area contributed by atoms with Gasteiger partial charge in [0.1, 0.15) is 5.82 Å². The van der Waals surface area contributed by atoms with Crippen LogP contribution in [0.1, 0.15) is 5.56 Å². The lowest BCUT2D eigenvalue weighted by Gasteiger charge is -2.11. The lowest BCUT2D eigenvalue weighted by Crippen LogP contribution is -2.06. The molecule has 1 aromatic rings. The van der Waals surface area contributed by atoms with Crippen molar-refractivity contribution >= 4 is 23.4 Å². The van der Waals surface area contributed by atoms with E-state index in [0.29, 0.717) is 6.07 Å². The van der Waals surface area contributed by atoms with Crippen LogP contribution in [-0.4, -0.2) is 6.26 Å². The number of hydrogen-bond acceptors (Lipinski definition) is 1. The minimum atomic E-state index is -4.55. The number of halogens is 5. The molecule has 0 aliphatic rings. The molecule has 0 bridgehead atoms. The quantitative estimate of drug-likeness (QED) is 0.527. The number of hydrogen-bond donors (Lipinski definition) is 0. The van der Waals surface area contributed by atoms with E-state index in [4.69, 9.17) is 11.6 Å². The van der Waals surface area contributed by atoms with Gasteiger partial charge in [-0.2, -0.15) is 13.2 Å². The third-order valence-electron chi connectivity index (χ3n) is 1.56. The van der Waals surface area contributed by atoms with Gasteiger partial charge in [0.05, 0.1) is 15.5 Å². The molecule has 0 amide bonds. The lowest BCUT2D eigenvalue weighted by atomic mass is 10.2. The van der Waals surface area contributed by atoms with Gasteiger partial charge < -0.3 is 0 Å². The van der Waals surface area contributed by atoms with Crippen molar-refractivity contribution in [3.63, 3.8) is 0 Å². The van der Waals surface area contributed by atoms with Crippen molar-refractivity contribution in [2.45, 2.75) is 11.1 Å². The molecule has 0 aliphatic carbocycles. The second-order valence-corrected chi connectivity index (χ2v) is 3.63. The maximum absolute atomic E-state index is 12.9. The minimum absolute atomic E-state index is 0.179. The molecule has 0 aliphatic heterocycles. The lowest BCUT2D eigenvalue weighted by molar-refractivity contribution is -0.137. The summed E-state index contributed by atoms with van der Waals surface area (Å²) < 4.78 is 49.8. The van der Waals surface area contributed by atoms with Crippen molar-refractivity contribution in [1.29, 1.82) is 0 Å². The van der Waals surface area contributed by atoms with Crippen LogP contribution in [0.25, 0.3) is 0 Å². The first-order valence-electron chi connectivity index (χ1n) is 3.47. The van der Waals surface area contributed by atoms with E-state index in [1.807, 2.05) is 0 Å². The monoisotopic (exact) mass is 244 g/mol. The Labute approximate surface area is 87.2 Å². The summed E-state index contributed by atoms with van der Waals surface area (Å²) in [6, 6.07) is 1.40. The Morgan fingerprint density at radius 1 is 1.29 bits per heavy atom. The van der Waals surface area contributed by atoms with Crippen LogP contribution in [0.3, 0.4) is 0 Å². The number of thioether (sulfide) groups is 1. The number of benzene rings is 1. The summed E-state index contributed by atoms with van der Waals surface area (Å²) in [5, 5.41) is -0.579. The van der Waals surface area contributed by atoms with Crippen molar-refractivity contribution in [3.05, 3.63) is 28.5 Å². The van der Waals surface area contributed by atoms with Gasteiger partial charge in [-0.1, -0.05) is 11.6 Å². The molecule has 0 saturated carbocycles. The topological polar surface area (TPSA) is 0 Å². The van der Waals surface area contributed by atoms with E-state index >= 15 is 0 Å². The molecule has 0 nitrogen and oxygen atoms in total. The van der Waals surface area contributed by atoms with Crippen molar-refractivity contribution in [2.24, 2.45) is 0 Å². The fourth-order valence-corrected chi connectivity index (χ4v) is 1.98. The summed E-state index contributed by atoms with van der Waals surface area (Å²) in [5.74, 6) is -0.740. The molecule has 1 aromatic carbocycles. The third kappa shape index (κ3) is 2.15. The molecule has 0 fully saturated rings. The second-order valence-electron chi connectivity index (χ2n) is 2.44. The Balaban J connectivity index is 3.36. The van der Waals surface area contributed by atoms with Crippen molar-refractivity contribution in [3.8, 4) is 0 Å². The van der Waals surface area contributed by atoms with Crippen LogP contribution in [0, 0.1) is 5.82 Å². The molecule has 0 unspecified atom stereocenters. The molecule has 6 heteroatoms. The zero-order valence-electron chi connectivity index (χ0n) is 6.95. The first-order chi connectivity index (χ1) is 6.38. The fourth-order valence-electron chi connectivity index (χ4n) is 0.939. The first kappa shape index (κ1) is 11.7. The van der Waals surface area contributed by atoms with Gasteiger partial charge in [-0.05, 0) is 18.4 Å². The first-order valence-corrected chi connectivity index (χ1v) is 5.07. The summed E-state index contributed by atoms with van der Waals surface area (Å²) in [6.07, 6.45) is -3.08. The van der Waals surface area contributed by atoms with Crippen molar-refractivity contribution in [1.82, 2.24) is 0 Å². The molecule has 0 saturated heterocycles. The Hall–Kier alpha value is -0.420. The maximum Gasteiger partial charge on any atom is 0.417 e. The number of rotatable bonds is 1. The maximum atomic E-state index is 12.9. The SMILES string of the molecule is CSc1c(F)ccc(C(F)(F)F)c1Cl. The molecular formula is C8H5ClF4S. The van der Waals surface area contributed by atoms with Crippen LogP contribution in [-0.2, 0) is 6.18 Å². The van der Waals surface area contributed by atoms with Crippen LogP contribution in [0.5, 0.6) is 0 Å². The Morgan fingerprint density at radius 2 is 1.86 bits per heavy atom. The molecule has 0 N–H and O–H groups in total. The van der Waals surface area contributed by atoms with E-state index < -0.39 is 22.6 Å². The second kappa shape index (κ2) is 3.98. The van der Waals surface area contributed by atoms with Crippen LogP contribution in [0.2, 0.25) is 5.02 Å². The van der Waals surface area contributed by atoms with Crippen LogP contribution in [0.15, 0.2) is 17.0 Å². The standard InChI is InChI=1S/C8H5ClF4S/c1-14-7-5(10)3-2-4(6(7)9)8(11,12)13/h2-3H,1H3. The van der Waals surface area contributed by atoms with E-state index in [0.717, 1.165) is 17.8 Å². The smallest absolute Gasteiger partial charge is 0.206 e. The van der Waals surface area contributed by atoms with E-state index in [2.05, 4.69) is 0 Å². The minimum Gasteiger partial charge on any atom is -0.206 e. The molecule has 0 spiro atoms. The van der Waals surface area contributed by atoms with Crippen molar-refractivity contribution < 1.29 is 17.6 Å². The van der Waals surface area contributed by atoms with E-state index in [-0.39, 0.29) is 4.90 Å². The average Bonchev–Trinajstić information content (AvgIpc) is 2.02. The summed E-state index contributed by atoms with van der Waals surface area (Å²) in [6.45, 7) is 0. The Kier molecular flexibility index (Phi) is 3.32. The molecular weight excluding hydrogens is 240 g/mol. The highest BCUT2D eigenvalue weighted by Crippen LogP contribution is 2.39. The summed E-state index contributed by atoms with van der Waals surface area (Å²) >= 11 is 6.26.